The zero-order valence-corrected chi connectivity index (χ0v) is 16.7. The smallest absolute Gasteiger partial charge is 0.305 e. The molecule has 8 heteroatoms. The van der Waals surface area contributed by atoms with Gasteiger partial charge < -0.3 is 15.2 Å². The molecule has 1 heterocycles. The van der Waals surface area contributed by atoms with Crippen LogP contribution in [0.1, 0.15) is 48.2 Å². The quantitative estimate of drug-likeness (QED) is 0.533. The fourth-order valence-electron chi connectivity index (χ4n) is 2.97. The van der Waals surface area contributed by atoms with Gasteiger partial charge >= 0.3 is 5.97 Å². The van der Waals surface area contributed by atoms with Crippen molar-refractivity contribution in [3.05, 3.63) is 72.3 Å². The van der Waals surface area contributed by atoms with Gasteiger partial charge in [-0.15, -0.1) is 0 Å². The Morgan fingerprint density at radius 3 is 2.47 bits per heavy atom. The van der Waals surface area contributed by atoms with Crippen LogP contribution >= 0.6 is 0 Å². The summed E-state index contributed by atoms with van der Waals surface area (Å²) < 4.78 is 7.87. The topological polar surface area (TPSA) is 106 Å². The Balaban J connectivity index is 1.65. The lowest BCUT2D eigenvalue weighted by Gasteiger charge is -2.19. The Hall–Kier alpha value is -3.68. The maximum absolute atomic E-state index is 12.1. The first kappa shape index (κ1) is 21.0. The highest BCUT2D eigenvalue weighted by atomic mass is 16.5. The van der Waals surface area contributed by atoms with Crippen molar-refractivity contribution in [2.24, 2.45) is 0 Å². The van der Waals surface area contributed by atoms with Gasteiger partial charge in [-0.25, -0.2) is 9.67 Å². The molecular weight excluding hydrogens is 384 g/mol. The lowest BCUT2D eigenvalue weighted by molar-refractivity contribution is -0.136. The highest BCUT2D eigenvalue weighted by molar-refractivity contribution is 5.94. The van der Waals surface area contributed by atoms with Gasteiger partial charge in [-0.3, -0.25) is 9.59 Å². The number of aliphatic carboxylic acids is 1. The molecule has 1 unspecified atom stereocenters. The Morgan fingerprint density at radius 2 is 1.87 bits per heavy atom. The minimum atomic E-state index is -0.945. The summed E-state index contributed by atoms with van der Waals surface area (Å²) in [6, 6.07) is 14.8. The number of ether oxygens (including phenoxy) is 1. The summed E-state index contributed by atoms with van der Waals surface area (Å²) in [5.41, 5.74) is 2.35. The SMILES string of the molecule is CCCC(Oc1ccc(-n2cncn2)cc1)c1ccc(C(=O)NCCC(=O)O)cc1. The number of aromatic nitrogens is 3. The fourth-order valence-corrected chi connectivity index (χ4v) is 2.97. The van der Waals surface area contributed by atoms with Crippen molar-refractivity contribution >= 4 is 11.9 Å². The van der Waals surface area contributed by atoms with Crippen LogP contribution in [0.4, 0.5) is 0 Å². The standard InChI is InChI=1S/C22H24N4O4/c1-2-3-20(30-19-10-8-18(9-11-19)26-15-23-14-25-26)16-4-6-17(7-5-16)22(29)24-13-12-21(27)28/h4-11,14-15,20H,2-3,12-13H2,1H3,(H,24,29)(H,27,28). The molecule has 2 N–H and O–H groups in total. The van der Waals surface area contributed by atoms with Crippen molar-refractivity contribution in [1.82, 2.24) is 20.1 Å². The van der Waals surface area contributed by atoms with Crippen LogP contribution in [0.25, 0.3) is 5.69 Å². The number of amides is 1. The molecule has 1 atom stereocenters. The largest absolute Gasteiger partial charge is 0.486 e. The van der Waals surface area contributed by atoms with Gasteiger partial charge in [0.05, 0.1) is 12.1 Å². The molecule has 0 aliphatic carbocycles. The summed E-state index contributed by atoms with van der Waals surface area (Å²) >= 11 is 0. The van der Waals surface area contributed by atoms with Crippen LogP contribution in [0.2, 0.25) is 0 Å². The highest BCUT2D eigenvalue weighted by Gasteiger charge is 2.14. The number of nitrogens with one attached hydrogen (secondary N) is 1. The van der Waals surface area contributed by atoms with Crippen molar-refractivity contribution in [3.63, 3.8) is 0 Å². The van der Waals surface area contributed by atoms with Crippen LogP contribution in [-0.4, -0.2) is 38.3 Å². The van der Waals surface area contributed by atoms with E-state index >= 15 is 0 Å². The molecule has 0 saturated carbocycles. The van der Waals surface area contributed by atoms with Crippen LogP contribution in [-0.2, 0) is 4.79 Å². The lowest BCUT2D eigenvalue weighted by atomic mass is 10.0. The second-order valence-corrected chi connectivity index (χ2v) is 6.75. The molecule has 3 rings (SSSR count). The van der Waals surface area contributed by atoms with Gasteiger partial charge in [-0.1, -0.05) is 25.5 Å². The van der Waals surface area contributed by atoms with Crippen molar-refractivity contribution < 1.29 is 19.4 Å². The van der Waals surface area contributed by atoms with E-state index in [0.29, 0.717) is 5.56 Å². The third-order valence-corrected chi connectivity index (χ3v) is 4.52. The van der Waals surface area contributed by atoms with Gasteiger partial charge in [0, 0.05) is 12.1 Å². The van der Waals surface area contributed by atoms with E-state index in [1.807, 2.05) is 36.4 Å². The molecule has 0 aliphatic heterocycles. The highest BCUT2D eigenvalue weighted by Crippen LogP contribution is 2.27. The Bertz CT molecular complexity index is 954. The van der Waals surface area contributed by atoms with Crippen molar-refractivity contribution in [2.75, 3.05) is 6.54 Å². The van der Waals surface area contributed by atoms with Crippen LogP contribution in [0.5, 0.6) is 5.75 Å². The Kier molecular flexibility index (Phi) is 7.15. The average molecular weight is 408 g/mol. The predicted octanol–water partition coefficient (Wildman–Crippen LogP) is 3.39. The summed E-state index contributed by atoms with van der Waals surface area (Å²) in [6.07, 6.45) is 4.64. The van der Waals surface area contributed by atoms with Gasteiger partial charge in [0.1, 0.15) is 24.5 Å². The van der Waals surface area contributed by atoms with Gasteiger partial charge in [-0.05, 0) is 48.4 Å². The van der Waals surface area contributed by atoms with E-state index in [2.05, 4.69) is 22.3 Å². The van der Waals surface area contributed by atoms with Crippen LogP contribution in [0.3, 0.4) is 0 Å². The number of nitrogens with zero attached hydrogens (tertiary/aromatic N) is 3. The molecule has 1 aromatic heterocycles. The van der Waals surface area contributed by atoms with E-state index in [0.717, 1.165) is 29.8 Å². The maximum Gasteiger partial charge on any atom is 0.305 e. The maximum atomic E-state index is 12.1. The van der Waals surface area contributed by atoms with Crippen molar-refractivity contribution in [1.29, 1.82) is 0 Å². The van der Waals surface area contributed by atoms with Crippen LogP contribution < -0.4 is 10.1 Å². The number of hydrogen-bond acceptors (Lipinski definition) is 5. The van der Waals surface area contributed by atoms with Gasteiger partial charge in [0.2, 0.25) is 0 Å². The molecule has 1 amide bonds. The van der Waals surface area contributed by atoms with E-state index in [9.17, 15) is 9.59 Å². The first-order valence-electron chi connectivity index (χ1n) is 9.78. The zero-order valence-electron chi connectivity index (χ0n) is 16.7. The predicted molar refractivity (Wildman–Crippen MR) is 111 cm³/mol. The van der Waals surface area contributed by atoms with Gasteiger partial charge in [-0.2, -0.15) is 5.10 Å². The van der Waals surface area contributed by atoms with E-state index in [1.54, 1.807) is 23.1 Å². The molecule has 3 aromatic rings. The first-order chi connectivity index (χ1) is 14.6. The third-order valence-electron chi connectivity index (χ3n) is 4.52. The minimum absolute atomic E-state index is 0.0993. The number of carboxylic acids is 1. The number of benzene rings is 2. The molecular formula is C22H24N4O4. The number of carbonyl (C=O) groups is 2. The van der Waals surface area contributed by atoms with Gasteiger partial charge in [0.25, 0.3) is 5.91 Å². The van der Waals surface area contributed by atoms with E-state index in [4.69, 9.17) is 9.84 Å². The average Bonchev–Trinajstić information content (AvgIpc) is 3.29. The third kappa shape index (κ3) is 5.66. The fraction of sp³-hybridized carbons (Fsp3) is 0.273. The van der Waals surface area contributed by atoms with Crippen molar-refractivity contribution in [3.8, 4) is 11.4 Å². The second kappa shape index (κ2) is 10.2. The number of carboxylic acid groups (broad SMARTS) is 1. The molecule has 0 aliphatic rings. The van der Waals surface area contributed by atoms with E-state index in [1.165, 1.54) is 6.33 Å². The molecule has 0 fully saturated rings. The second-order valence-electron chi connectivity index (χ2n) is 6.75. The molecule has 30 heavy (non-hydrogen) atoms. The van der Waals surface area contributed by atoms with E-state index in [-0.39, 0.29) is 25.0 Å². The monoisotopic (exact) mass is 408 g/mol. The number of carbonyl (C=O) groups excluding carboxylic acids is 1. The normalized spacial score (nSPS) is 11.6. The Labute approximate surface area is 174 Å². The van der Waals surface area contributed by atoms with Crippen LogP contribution in [0, 0.1) is 0 Å². The Morgan fingerprint density at radius 1 is 1.13 bits per heavy atom. The molecule has 0 radical (unpaired) electrons. The van der Waals surface area contributed by atoms with Crippen molar-refractivity contribution in [2.45, 2.75) is 32.3 Å². The summed E-state index contributed by atoms with van der Waals surface area (Å²) in [4.78, 5) is 26.6. The lowest BCUT2D eigenvalue weighted by Crippen LogP contribution is -2.26. The summed E-state index contributed by atoms with van der Waals surface area (Å²) in [5.74, 6) is -0.494. The summed E-state index contributed by atoms with van der Waals surface area (Å²) in [7, 11) is 0. The minimum Gasteiger partial charge on any atom is -0.486 e. The molecule has 2 aromatic carbocycles. The number of hydrogen-bond donors (Lipinski definition) is 2. The molecule has 0 bridgehead atoms. The molecule has 0 spiro atoms. The molecule has 8 nitrogen and oxygen atoms in total. The van der Waals surface area contributed by atoms with E-state index < -0.39 is 5.97 Å². The zero-order chi connectivity index (χ0) is 21.3. The molecule has 156 valence electrons. The molecule has 0 saturated heterocycles. The number of rotatable bonds is 10. The van der Waals surface area contributed by atoms with Crippen LogP contribution in [0.15, 0.2) is 61.2 Å². The van der Waals surface area contributed by atoms with Gasteiger partial charge in [0.15, 0.2) is 0 Å². The summed E-state index contributed by atoms with van der Waals surface area (Å²) in [6.45, 7) is 2.19. The first-order valence-corrected chi connectivity index (χ1v) is 9.78. The summed E-state index contributed by atoms with van der Waals surface area (Å²) in [5, 5.41) is 15.4.